The van der Waals surface area contributed by atoms with Gasteiger partial charge in [0.1, 0.15) is 0 Å². The Morgan fingerprint density at radius 1 is 1.36 bits per heavy atom. The van der Waals surface area contributed by atoms with Gasteiger partial charge in [0.2, 0.25) is 0 Å². The molecule has 2 heterocycles. The predicted octanol–water partition coefficient (Wildman–Crippen LogP) is 2.38. The Hall–Kier alpha value is -1.66. The van der Waals surface area contributed by atoms with Crippen LogP contribution in [-0.2, 0) is 0 Å². The molecule has 0 aliphatic carbocycles. The van der Waals surface area contributed by atoms with Crippen LogP contribution in [0.5, 0.6) is 0 Å². The Bertz CT molecular complexity index is 680. The summed E-state index contributed by atoms with van der Waals surface area (Å²) in [4.78, 5) is 14.7. The van der Waals surface area contributed by atoms with Crippen LogP contribution >= 0.6 is 15.9 Å². The summed E-state index contributed by atoms with van der Waals surface area (Å²) in [5, 5.41) is 7.70. The molecule has 1 saturated heterocycles. The number of hydrogen-bond donors (Lipinski definition) is 1. The van der Waals surface area contributed by atoms with Crippen molar-refractivity contribution in [1.29, 1.82) is 0 Å². The molecule has 22 heavy (non-hydrogen) atoms. The van der Waals surface area contributed by atoms with Crippen LogP contribution in [0.4, 0.5) is 0 Å². The molecule has 1 aliphatic rings. The lowest BCUT2D eigenvalue weighted by Crippen LogP contribution is -2.52. The molecule has 116 valence electrons. The molecule has 0 unspecified atom stereocenters. The van der Waals surface area contributed by atoms with Crippen LogP contribution in [0.1, 0.15) is 23.0 Å². The van der Waals surface area contributed by atoms with Gasteiger partial charge in [0.15, 0.2) is 0 Å². The molecule has 1 aromatic heterocycles. The average molecular weight is 363 g/mol. The van der Waals surface area contributed by atoms with Gasteiger partial charge in [-0.05, 0) is 38.1 Å². The van der Waals surface area contributed by atoms with Gasteiger partial charge >= 0.3 is 0 Å². The van der Waals surface area contributed by atoms with Crippen molar-refractivity contribution in [2.24, 2.45) is 0 Å². The van der Waals surface area contributed by atoms with Crippen LogP contribution < -0.4 is 5.32 Å². The van der Waals surface area contributed by atoms with E-state index in [1.165, 1.54) is 0 Å². The van der Waals surface area contributed by atoms with Crippen molar-refractivity contribution in [3.05, 3.63) is 46.2 Å². The molecule has 1 fully saturated rings. The van der Waals surface area contributed by atoms with Crippen LogP contribution in [0.15, 0.2) is 34.9 Å². The van der Waals surface area contributed by atoms with Crippen molar-refractivity contribution >= 4 is 21.8 Å². The minimum atomic E-state index is 0.0647. The number of amides is 1. The number of aromatic nitrogens is 2. The van der Waals surface area contributed by atoms with Crippen molar-refractivity contribution in [3.8, 4) is 5.69 Å². The summed E-state index contributed by atoms with van der Waals surface area (Å²) in [5.41, 5.74) is 2.50. The Morgan fingerprint density at radius 2 is 2.09 bits per heavy atom. The molecule has 1 aliphatic heterocycles. The number of benzene rings is 1. The second-order valence-corrected chi connectivity index (χ2v) is 6.50. The second kappa shape index (κ2) is 6.22. The van der Waals surface area contributed by atoms with E-state index in [-0.39, 0.29) is 11.9 Å². The number of halogens is 1. The number of rotatable bonds is 2. The van der Waals surface area contributed by atoms with Gasteiger partial charge in [-0.25, -0.2) is 4.68 Å². The molecule has 1 N–H and O–H groups in total. The largest absolute Gasteiger partial charge is 0.333 e. The lowest BCUT2D eigenvalue weighted by molar-refractivity contribution is 0.0655. The molecule has 0 spiro atoms. The number of piperazine rings is 1. The summed E-state index contributed by atoms with van der Waals surface area (Å²) in [5.74, 6) is 0.0647. The molecule has 5 nitrogen and oxygen atoms in total. The highest BCUT2D eigenvalue weighted by atomic mass is 79.9. The number of carbonyl (C=O) groups excluding carboxylic acids is 1. The zero-order chi connectivity index (χ0) is 15.7. The fourth-order valence-corrected chi connectivity index (χ4v) is 3.02. The molecule has 0 bridgehead atoms. The van der Waals surface area contributed by atoms with Crippen LogP contribution in [0.2, 0.25) is 0 Å². The zero-order valence-electron chi connectivity index (χ0n) is 12.7. The smallest absolute Gasteiger partial charge is 0.257 e. The first-order chi connectivity index (χ1) is 10.6. The maximum atomic E-state index is 12.8. The number of nitrogens with one attached hydrogen (secondary N) is 1. The SMILES string of the molecule is Cc1c(C(=O)N2CCNC[C@H]2C)cnn1-c1ccc(Br)cc1. The molecule has 3 rings (SSSR count). The quantitative estimate of drug-likeness (QED) is 0.892. The summed E-state index contributed by atoms with van der Waals surface area (Å²) in [6, 6.07) is 8.10. The lowest BCUT2D eigenvalue weighted by atomic mass is 10.1. The van der Waals surface area contributed by atoms with Crippen molar-refractivity contribution < 1.29 is 4.79 Å². The number of hydrogen-bond acceptors (Lipinski definition) is 3. The average Bonchev–Trinajstić information content (AvgIpc) is 2.90. The normalized spacial score (nSPS) is 18.5. The molecule has 6 heteroatoms. The van der Waals surface area contributed by atoms with Crippen LogP contribution in [0.3, 0.4) is 0 Å². The van der Waals surface area contributed by atoms with Crippen molar-refractivity contribution in [2.45, 2.75) is 19.9 Å². The molecular formula is C16H19BrN4O. The zero-order valence-corrected chi connectivity index (χ0v) is 14.3. The van der Waals surface area contributed by atoms with E-state index in [0.717, 1.165) is 35.5 Å². The van der Waals surface area contributed by atoms with E-state index in [0.29, 0.717) is 5.56 Å². The third kappa shape index (κ3) is 2.80. The van der Waals surface area contributed by atoms with E-state index in [9.17, 15) is 4.79 Å². The van der Waals surface area contributed by atoms with E-state index >= 15 is 0 Å². The third-order valence-corrected chi connectivity index (χ3v) is 4.60. The number of nitrogens with zero attached hydrogens (tertiary/aromatic N) is 3. The minimum absolute atomic E-state index is 0.0647. The van der Waals surface area contributed by atoms with E-state index in [2.05, 4.69) is 33.3 Å². The standard InChI is InChI=1S/C16H19BrN4O/c1-11-9-18-7-8-20(11)16(22)15-10-19-21(12(15)2)14-5-3-13(17)4-6-14/h3-6,10-11,18H,7-9H2,1-2H3/t11-/m1/s1. The van der Waals surface area contributed by atoms with Gasteiger partial charge in [0.25, 0.3) is 5.91 Å². The summed E-state index contributed by atoms with van der Waals surface area (Å²) < 4.78 is 2.83. The van der Waals surface area contributed by atoms with Crippen LogP contribution in [0, 0.1) is 6.92 Å². The van der Waals surface area contributed by atoms with E-state index in [1.54, 1.807) is 6.20 Å². The van der Waals surface area contributed by atoms with E-state index < -0.39 is 0 Å². The molecular weight excluding hydrogens is 344 g/mol. The van der Waals surface area contributed by atoms with Crippen molar-refractivity contribution in [1.82, 2.24) is 20.0 Å². The monoisotopic (exact) mass is 362 g/mol. The molecule has 1 aromatic carbocycles. The summed E-state index contributed by atoms with van der Waals surface area (Å²) >= 11 is 3.43. The Labute approximate surface area is 138 Å². The van der Waals surface area contributed by atoms with E-state index in [4.69, 9.17) is 0 Å². The first-order valence-corrected chi connectivity index (χ1v) is 8.19. The molecule has 0 radical (unpaired) electrons. The molecule has 1 amide bonds. The summed E-state index contributed by atoms with van der Waals surface area (Å²) in [6.45, 7) is 6.43. The fourth-order valence-electron chi connectivity index (χ4n) is 2.76. The maximum absolute atomic E-state index is 12.8. The summed E-state index contributed by atoms with van der Waals surface area (Å²) in [7, 11) is 0. The Morgan fingerprint density at radius 3 is 2.77 bits per heavy atom. The first-order valence-electron chi connectivity index (χ1n) is 7.40. The highest BCUT2D eigenvalue weighted by Crippen LogP contribution is 2.19. The Kier molecular flexibility index (Phi) is 4.31. The van der Waals surface area contributed by atoms with Crippen LogP contribution in [-0.4, -0.2) is 46.3 Å². The highest BCUT2D eigenvalue weighted by molar-refractivity contribution is 9.10. The molecule has 1 atom stereocenters. The highest BCUT2D eigenvalue weighted by Gasteiger charge is 2.26. The van der Waals surface area contributed by atoms with Gasteiger partial charge in [-0.3, -0.25) is 4.79 Å². The van der Waals surface area contributed by atoms with Crippen LogP contribution in [0.25, 0.3) is 5.69 Å². The topological polar surface area (TPSA) is 50.2 Å². The first kappa shape index (κ1) is 15.2. The van der Waals surface area contributed by atoms with Crippen molar-refractivity contribution in [3.63, 3.8) is 0 Å². The minimum Gasteiger partial charge on any atom is -0.333 e. The second-order valence-electron chi connectivity index (χ2n) is 5.58. The lowest BCUT2D eigenvalue weighted by Gasteiger charge is -2.33. The third-order valence-electron chi connectivity index (χ3n) is 4.07. The Balaban J connectivity index is 1.89. The van der Waals surface area contributed by atoms with Gasteiger partial charge in [-0.1, -0.05) is 15.9 Å². The van der Waals surface area contributed by atoms with Gasteiger partial charge in [-0.15, -0.1) is 0 Å². The molecule has 2 aromatic rings. The fraction of sp³-hybridized carbons (Fsp3) is 0.375. The summed E-state index contributed by atoms with van der Waals surface area (Å²) in [6.07, 6.45) is 1.68. The maximum Gasteiger partial charge on any atom is 0.257 e. The number of carbonyl (C=O) groups is 1. The molecule has 0 saturated carbocycles. The van der Waals surface area contributed by atoms with Gasteiger partial charge in [0.05, 0.1) is 23.1 Å². The van der Waals surface area contributed by atoms with Crippen molar-refractivity contribution in [2.75, 3.05) is 19.6 Å². The van der Waals surface area contributed by atoms with Gasteiger partial charge in [-0.2, -0.15) is 5.10 Å². The van der Waals surface area contributed by atoms with Gasteiger partial charge < -0.3 is 10.2 Å². The predicted molar refractivity (Wildman–Crippen MR) is 89.4 cm³/mol. The van der Waals surface area contributed by atoms with Gasteiger partial charge in [0, 0.05) is 30.1 Å². The van der Waals surface area contributed by atoms with E-state index in [1.807, 2.05) is 40.8 Å².